The van der Waals surface area contributed by atoms with E-state index in [2.05, 4.69) is 10.6 Å². The number of hydrogen-bond donors (Lipinski definition) is 2. The number of carbonyl (C=O) groups excluding carboxylic acids is 2. The summed E-state index contributed by atoms with van der Waals surface area (Å²) in [6, 6.07) is 20.2. The molecular formula is C23H21FN2O4. The number of halogens is 1. The fourth-order valence-corrected chi connectivity index (χ4v) is 2.78. The van der Waals surface area contributed by atoms with Crippen LogP contribution in [-0.4, -0.2) is 25.2 Å². The summed E-state index contributed by atoms with van der Waals surface area (Å²) in [6.45, 7) is 0. The van der Waals surface area contributed by atoms with E-state index in [1.165, 1.54) is 19.2 Å². The number of nitrogens with one attached hydrogen (secondary N) is 2. The number of benzene rings is 3. The first kappa shape index (κ1) is 20.9. The first-order chi connectivity index (χ1) is 14.5. The summed E-state index contributed by atoms with van der Waals surface area (Å²) in [5, 5.41) is 5.29. The summed E-state index contributed by atoms with van der Waals surface area (Å²) in [5.41, 5.74) is 1.11. The zero-order valence-electron chi connectivity index (χ0n) is 16.3. The van der Waals surface area contributed by atoms with Gasteiger partial charge in [-0.15, -0.1) is 0 Å². The average Bonchev–Trinajstić information content (AvgIpc) is 2.76. The van der Waals surface area contributed by atoms with Crippen LogP contribution in [0, 0.1) is 5.82 Å². The number of ether oxygens (including phenoxy) is 2. The Morgan fingerprint density at radius 3 is 2.30 bits per heavy atom. The molecule has 0 spiro atoms. The summed E-state index contributed by atoms with van der Waals surface area (Å²) in [5.74, 6) is 0.0836. The minimum absolute atomic E-state index is 0.155. The van der Waals surface area contributed by atoms with Crippen LogP contribution in [0.1, 0.15) is 5.56 Å². The third-order valence-corrected chi connectivity index (χ3v) is 4.25. The molecule has 30 heavy (non-hydrogen) atoms. The molecule has 0 saturated carbocycles. The van der Waals surface area contributed by atoms with Gasteiger partial charge in [-0.1, -0.05) is 42.5 Å². The second-order valence-corrected chi connectivity index (χ2v) is 6.42. The van der Waals surface area contributed by atoms with E-state index in [0.29, 0.717) is 22.7 Å². The van der Waals surface area contributed by atoms with Gasteiger partial charge >= 0.3 is 12.0 Å². The normalized spacial score (nSPS) is 11.3. The van der Waals surface area contributed by atoms with Crippen LogP contribution in [0.2, 0.25) is 0 Å². The quantitative estimate of drug-likeness (QED) is 0.564. The largest absolute Gasteiger partial charge is 0.467 e. The van der Waals surface area contributed by atoms with Gasteiger partial charge in [-0.2, -0.15) is 0 Å². The number of amides is 2. The van der Waals surface area contributed by atoms with Crippen molar-refractivity contribution in [2.45, 2.75) is 12.5 Å². The number of para-hydroxylation sites is 3. The highest BCUT2D eigenvalue weighted by Gasteiger charge is 2.22. The van der Waals surface area contributed by atoms with Crippen molar-refractivity contribution in [2.24, 2.45) is 0 Å². The van der Waals surface area contributed by atoms with Crippen molar-refractivity contribution in [3.8, 4) is 11.5 Å². The molecular weight excluding hydrogens is 387 g/mol. The molecule has 0 aliphatic carbocycles. The predicted octanol–water partition coefficient (Wildman–Crippen LogP) is 4.52. The Bertz CT molecular complexity index is 994. The minimum Gasteiger partial charge on any atom is -0.467 e. The van der Waals surface area contributed by atoms with E-state index in [0.717, 1.165) is 0 Å². The molecule has 3 aromatic carbocycles. The van der Waals surface area contributed by atoms with Crippen LogP contribution in [0.25, 0.3) is 0 Å². The number of esters is 1. The Labute approximate surface area is 173 Å². The summed E-state index contributed by atoms with van der Waals surface area (Å²) >= 11 is 0. The molecule has 0 aliphatic rings. The molecule has 0 saturated heterocycles. The van der Waals surface area contributed by atoms with E-state index in [4.69, 9.17) is 9.47 Å². The van der Waals surface area contributed by atoms with Crippen molar-refractivity contribution in [1.82, 2.24) is 5.32 Å². The molecule has 0 heterocycles. The number of anilines is 1. The van der Waals surface area contributed by atoms with Crippen molar-refractivity contribution >= 4 is 17.7 Å². The summed E-state index contributed by atoms with van der Waals surface area (Å²) in [6.07, 6.45) is 0.155. The topological polar surface area (TPSA) is 76.7 Å². The second kappa shape index (κ2) is 10.1. The summed E-state index contributed by atoms with van der Waals surface area (Å²) in [7, 11) is 1.24. The monoisotopic (exact) mass is 408 g/mol. The van der Waals surface area contributed by atoms with Crippen LogP contribution < -0.4 is 15.4 Å². The average molecular weight is 408 g/mol. The molecule has 7 heteroatoms. The molecule has 0 aromatic heterocycles. The third-order valence-electron chi connectivity index (χ3n) is 4.25. The lowest BCUT2D eigenvalue weighted by molar-refractivity contribution is -0.142. The standard InChI is InChI=1S/C23H21FN2O4/c1-29-22(27)20(15-16-11-13-17(24)14-12-16)26-23(28)25-19-9-5-6-10-21(19)30-18-7-3-2-4-8-18/h2-14,20H,15H2,1H3,(H2,25,26,28). The van der Waals surface area contributed by atoms with Gasteiger partial charge in [-0.3, -0.25) is 0 Å². The number of hydrogen-bond acceptors (Lipinski definition) is 4. The fraction of sp³-hybridized carbons (Fsp3) is 0.130. The van der Waals surface area contributed by atoms with Gasteiger partial charge in [0, 0.05) is 6.42 Å². The number of methoxy groups -OCH3 is 1. The molecule has 3 rings (SSSR count). The van der Waals surface area contributed by atoms with Crippen LogP contribution in [0.3, 0.4) is 0 Å². The highest BCUT2D eigenvalue weighted by Crippen LogP contribution is 2.29. The van der Waals surface area contributed by atoms with Crippen molar-refractivity contribution in [2.75, 3.05) is 12.4 Å². The maximum absolute atomic E-state index is 13.1. The molecule has 1 atom stereocenters. The van der Waals surface area contributed by atoms with Crippen LogP contribution >= 0.6 is 0 Å². The van der Waals surface area contributed by atoms with Crippen LogP contribution in [0.15, 0.2) is 78.9 Å². The van der Waals surface area contributed by atoms with E-state index in [9.17, 15) is 14.0 Å². The number of rotatable bonds is 7. The Hall–Kier alpha value is -3.87. The van der Waals surface area contributed by atoms with Crippen molar-refractivity contribution in [3.63, 3.8) is 0 Å². The SMILES string of the molecule is COC(=O)C(Cc1ccc(F)cc1)NC(=O)Nc1ccccc1Oc1ccccc1. The molecule has 0 bridgehead atoms. The number of carbonyl (C=O) groups is 2. The lowest BCUT2D eigenvalue weighted by Crippen LogP contribution is -2.45. The van der Waals surface area contributed by atoms with Gasteiger partial charge in [-0.25, -0.2) is 14.0 Å². The summed E-state index contributed by atoms with van der Waals surface area (Å²) < 4.78 is 23.7. The Morgan fingerprint density at radius 1 is 0.933 bits per heavy atom. The van der Waals surface area contributed by atoms with Crippen LogP contribution in [0.4, 0.5) is 14.9 Å². The molecule has 3 aromatic rings. The van der Waals surface area contributed by atoms with E-state index < -0.39 is 18.0 Å². The van der Waals surface area contributed by atoms with Gasteiger partial charge in [0.15, 0.2) is 5.75 Å². The third kappa shape index (κ3) is 5.81. The molecule has 0 fully saturated rings. The first-order valence-electron chi connectivity index (χ1n) is 9.27. The Morgan fingerprint density at radius 2 is 1.60 bits per heavy atom. The van der Waals surface area contributed by atoms with Gasteiger partial charge in [0.25, 0.3) is 0 Å². The lowest BCUT2D eigenvalue weighted by Gasteiger charge is -2.18. The zero-order valence-corrected chi connectivity index (χ0v) is 16.3. The fourth-order valence-electron chi connectivity index (χ4n) is 2.78. The van der Waals surface area contributed by atoms with E-state index in [1.54, 1.807) is 48.5 Å². The van der Waals surface area contributed by atoms with Crippen molar-refractivity contribution in [1.29, 1.82) is 0 Å². The molecule has 154 valence electrons. The van der Waals surface area contributed by atoms with Gasteiger partial charge in [0.1, 0.15) is 17.6 Å². The molecule has 0 aliphatic heterocycles. The molecule has 2 amide bonds. The van der Waals surface area contributed by atoms with Gasteiger partial charge in [0.05, 0.1) is 12.8 Å². The maximum atomic E-state index is 13.1. The molecule has 0 radical (unpaired) electrons. The zero-order chi connectivity index (χ0) is 21.3. The Kier molecular flexibility index (Phi) is 7.00. The molecule has 2 N–H and O–H groups in total. The van der Waals surface area contributed by atoms with Crippen LogP contribution in [0.5, 0.6) is 11.5 Å². The molecule has 1 unspecified atom stereocenters. The van der Waals surface area contributed by atoms with Gasteiger partial charge < -0.3 is 20.1 Å². The minimum atomic E-state index is -0.942. The second-order valence-electron chi connectivity index (χ2n) is 6.42. The van der Waals surface area contributed by atoms with E-state index in [1.807, 2.05) is 18.2 Å². The highest BCUT2D eigenvalue weighted by molar-refractivity contribution is 5.93. The lowest BCUT2D eigenvalue weighted by atomic mass is 10.1. The maximum Gasteiger partial charge on any atom is 0.328 e. The Balaban J connectivity index is 1.69. The van der Waals surface area contributed by atoms with Gasteiger partial charge in [0.2, 0.25) is 0 Å². The van der Waals surface area contributed by atoms with E-state index >= 15 is 0 Å². The predicted molar refractivity (Wildman–Crippen MR) is 111 cm³/mol. The molecule has 6 nitrogen and oxygen atoms in total. The number of urea groups is 1. The highest BCUT2D eigenvalue weighted by atomic mass is 19.1. The van der Waals surface area contributed by atoms with Crippen molar-refractivity contribution < 1.29 is 23.5 Å². The first-order valence-corrected chi connectivity index (χ1v) is 9.27. The van der Waals surface area contributed by atoms with E-state index in [-0.39, 0.29) is 12.2 Å². The smallest absolute Gasteiger partial charge is 0.328 e. The van der Waals surface area contributed by atoms with Crippen LogP contribution in [-0.2, 0) is 16.0 Å². The summed E-state index contributed by atoms with van der Waals surface area (Å²) in [4.78, 5) is 24.7. The van der Waals surface area contributed by atoms with Gasteiger partial charge in [-0.05, 0) is 42.0 Å². The van der Waals surface area contributed by atoms with Crippen molar-refractivity contribution in [3.05, 3.63) is 90.2 Å².